The first kappa shape index (κ1) is 12.0. The largest absolute Gasteiger partial charge is 0.328 e. The number of hydrogen-bond donors (Lipinski definition) is 1. The van der Waals surface area contributed by atoms with Crippen molar-refractivity contribution >= 4 is 0 Å². The van der Waals surface area contributed by atoms with Crippen molar-refractivity contribution < 1.29 is 4.39 Å². The number of alkyl halides is 1. The Morgan fingerprint density at radius 1 is 1.21 bits per heavy atom. The molecule has 1 nitrogen and oxygen atoms in total. The van der Waals surface area contributed by atoms with Gasteiger partial charge in [0.1, 0.15) is 5.67 Å². The van der Waals surface area contributed by atoms with Gasteiger partial charge < -0.3 is 5.73 Å². The molecule has 0 saturated heterocycles. The molecule has 0 heterocycles. The molecule has 0 aromatic rings. The summed E-state index contributed by atoms with van der Waals surface area (Å²) in [4.78, 5) is 0. The van der Waals surface area contributed by atoms with Crippen LogP contribution in [0.4, 0.5) is 4.39 Å². The maximum Gasteiger partial charge on any atom is 0.111 e. The molecule has 14 heavy (non-hydrogen) atoms. The van der Waals surface area contributed by atoms with E-state index in [1.54, 1.807) is 0 Å². The third-order valence-electron chi connectivity index (χ3n) is 3.40. The summed E-state index contributed by atoms with van der Waals surface area (Å²) in [5.41, 5.74) is 4.89. The summed E-state index contributed by atoms with van der Waals surface area (Å²) in [7, 11) is 0. The second-order valence-corrected chi connectivity index (χ2v) is 4.80. The Labute approximate surface area is 87.3 Å². The molecule has 0 spiro atoms. The van der Waals surface area contributed by atoms with Gasteiger partial charge in [-0.05, 0) is 32.1 Å². The fraction of sp³-hybridized carbons (Fsp3) is 1.00. The summed E-state index contributed by atoms with van der Waals surface area (Å²) in [5, 5.41) is 0. The minimum atomic E-state index is -0.871. The molecule has 0 aromatic carbocycles. The number of hydrogen-bond acceptors (Lipinski definition) is 1. The Hall–Kier alpha value is -0.110. The van der Waals surface area contributed by atoms with Crippen LogP contribution < -0.4 is 5.73 Å². The molecule has 1 rings (SSSR count). The molecule has 0 aliphatic heterocycles. The maximum atomic E-state index is 14.1. The summed E-state index contributed by atoms with van der Waals surface area (Å²) in [5.74, 6) is 0. The second-order valence-electron chi connectivity index (χ2n) is 4.80. The van der Waals surface area contributed by atoms with Gasteiger partial charge in [-0.3, -0.25) is 0 Å². The van der Waals surface area contributed by atoms with E-state index in [0.29, 0.717) is 12.8 Å². The van der Waals surface area contributed by atoms with E-state index in [1.807, 2.05) is 0 Å². The van der Waals surface area contributed by atoms with Crippen molar-refractivity contribution in [1.82, 2.24) is 0 Å². The van der Waals surface area contributed by atoms with Gasteiger partial charge in [-0.2, -0.15) is 0 Å². The lowest BCUT2D eigenvalue weighted by atomic mass is 9.81. The van der Waals surface area contributed by atoms with E-state index in [9.17, 15) is 4.39 Å². The molecule has 0 radical (unpaired) electrons. The molecule has 0 atom stereocenters. The van der Waals surface area contributed by atoms with E-state index in [4.69, 9.17) is 5.73 Å². The van der Waals surface area contributed by atoms with Gasteiger partial charge in [-0.15, -0.1) is 0 Å². The molecule has 1 fully saturated rings. The Kier molecular flexibility index (Phi) is 4.86. The highest BCUT2D eigenvalue weighted by atomic mass is 19.1. The van der Waals surface area contributed by atoms with Crippen molar-refractivity contribution in [2.75, 3.05) is 0 Å². The van der Waals surface area contributed by atoms with Crippen LogP contribution in [0.25, 0.3) is 0 Å². The Bertz CT molecular complexity index is 150. The van der Waals surface area contributed by atoms with Crippen LogP contribution in [-0.2, 0) is 0 Å². The molecule has 1 aliphatic carbocycles. The standard InChI is InChI=1S/C12H24FN/c1-2-3-4-5-8-12(13)9-6-11(14)7-10-12/h11H,2-10,14H2,1H3. The number of nitrogens with two attached hydrogens (primary N) is 1. The highest BCUT2D eigenvalue weighted by Crippen LogP contribution is 2.35. The third kappa shape index (κ3) is 3.95. The SMILES string of the molecule is CCCCCCC1(F)CCC(N)CC1. The van der Waals surface area contributed by atoms with Gasteiger partial charge in [-0.1, -0.05) is 32.6 Å². The quantitative estimate of drug-likeness (QED) is 0.676. The van der Waals surface area contributed by atoms with Crippen molar-refractivity contribution in [3.8, 4) is 0 Å². The van der Waals surface area contributed by atoms with Crippen LogP contribution in [0.2, 0.25) is 0 Å². The van der Waals surface area contributed by atoms with E-state index in [1.165, 1.54) is 19.3 Å². The fourth-order valence-corrected chi connectivity index (χ4v) is 2.28. The van der Waals surface area contributed by atoms with Crippen molar-refractivity contribution in [2.24, 2.45) is 5.73 Å². The molecule has 84 valence electrons. The van der Waals surface area contributed by atoms with Crippen molar-refractivity contribution in [1.29, 1.82) is 0 Å². The van der Waals surface area contributed by atoms with Gasteiger partial charge in [0.2, 0.25) is 0 Å². The van der Waals surface area contributed by atoms with E-state index in [0.717, 1.165) is 25.7 Å². The lowest BCUT2D eigenvalue weighted by Gasteiger charge is -2.32. The monoisotopic (exact) mass is 201 g/mol. The molecule has 0 unspecified atom stereocenters. The molecule has 0 aromatic heterocycles. The normalized spacial score (nSPS) is 33.2. The predicted octanol–water partition coefficient (Wildman–Crippen LogP) is 3.57. The fourth-order valence-electron chi connectivity index (χ4n) is 2.28. The molecule has 2 N–H and O–H groups in total. The highest BCUT2D eigenvalue weighted by Gasteiger charge is 2.33. The van der Waals surface area contributed by atoms with Crippen LogP contribution in [-0.4, -0.2) is 11.7 Å². The van der Waals surface area contributed by atoms with E-state index in [-0.39, 0.29) is 6.04 Å². The van der Waals surface area contributed by atoms with Crippen molar-refractivity contribution in [2.45, 2.75) is 76.4 Å². The topological polar surface area (TPSA) is 26.0 Å². The van der Waals surface area contributed by atoms with Gasteiger partial charge in [0, 0.05) is 6.04 Å². The first-order valence-electron chi connectivity index (χ1n) is 6.11. The maximum absolute atomic E-state index is 14.1. The molecule has 2 heteroatoms. The first-order valence-corrected chi connectivity index (χ1v) is 6.11. The summed E-state index contributed by atoms with van der Waals surface area (Å²) in [6.07, 6.45) is 8.63. The molecule has 1 aliphatic rings. The molecule has 0 bridgehead atoms. The smallest absolute Gasteiger partial charge is 0.111 e. The van der Waals surface area contributed by atoms with Crippen LogP contribution in [0, 0.1) is 0 Å². The minimum absolute atomic E-state index is 0.259. The zero-order valence-electron chi connectivity index (χ0n) is 9.40. The van der Waals surface area contributed by atoms with Crippen LogP contribution >= 0.6 is 0 Å². The summed E-state index contributed by atoms with van der Waals surface area (Å²) in [6, 6.07) is 0.259. The zero-order valence-corrected chi connectivity index (χ0v) is 9.40. The average molecular weight is 201 g/mol. The lowest BCUT2D eigenvalue weighted by Crippen LogP contribution is -2.35. The summed E-state index contributed by atoms with van der Waals surface area (Å²) in [6.45, 7) is 2.19. The van der Waals surface area contributed by atoms with Crippen LogP contribution in [0.3, 0.4) is 0 Å². The molecule has 1 saturated carbocycles. The van der Waals surface area contributed by atoms with Gasteiger partial charge >= 0.3 is 0 Å². The first-order chi connectivity index (χ1) is 6.66. The van der Waals surface area contributed by atoms with Gasteiger partial charge in [0.25, 0.3) is 0 Å². The van der Waals surface area contributed by atoms with Crippen LogP contribution in [0.1, 0.15) is 64.7 Å². The minimum Gasteiger partial charge on any atom is -0.328 e. The Morgan fingerprint density at radius 3 is 2.43 bits per heavy atom. The summed E-state index contributed by atoms with van der Waals surface area (Å²) >= 11 is 0. The summed E-state index contributed by atoms with van der Waals surface area (Å²) < 4.78 is 14.1. The van der Waals surface area contributed by atoms with Gasteiger partial charge in [-0.25, -0.2) is 4.39 Å². The van der Waals surface area contributed by atoms with Crippen LogP contribution in [0.5, 0.6) is 0 Å². The predicted molar refractivity (Wildman–Crippen MR) is 59.0 cm³/mol. The number of unbranched alkanes of at least 4 members (excludes halogenated alkanes) is 3. The van der Waals surface area contributed by atoms with Crippen molar-refractivity contribution in [3.05, 3.63) is 0 Å². The highest BCUT2D eigenvalue weighted by molar-refractivity contribution is 4.87. The second kappa shape index (κ2) is 5.69. The zero-order chi connectivity index (χ0) is 10.4. The van der Waals surface area contributed by atoms with E-state index in [2.05, 4.69) is 6.92 Å². The van der Waals surface area contributed by atoms with Gasteiger partial charge in [0.05, 0.1) is 0 Å². The number of rotatable bonds is 5. The van der Waals surface area contributed by atoms with Crippen LogP contribution in [0.15, 0.2) is 0 Å². The van der Waals surface area contributed by atoms with E-state index < -0.39 is 5.67 Å². The average Bonchev–Trinajstić information content (AvgIpc) is 2.18. The van der Waals surface area contributed by atoms with E-state index >= 15 is 0 Å². The molecular weight excluding hydrogens is 177 g/mol. The Morgan fingerprint density at radius 2 is 1.86 bits per heavy atom. The lowest BCUT2D eigenvalue weighted by molar-refractivity contribution is 0.0858. The molecular formula is C12H24FN. The molecule has 0 amide bonds. The third-order valence-corrected chi connectivity index (χ3v) is 3.40. The van der Waals surface area contributed by atoms with Crippen molar-refractivity contribution in [3.63, 3.8) is 0 Å². The number of halogens is 1. The van der Waals surface area contributed by atoms with Gasteiger partial charge in [0.15, 0.2) is 0 Å². The Balaban J connectivity index is 2.15.